The van der Waals surface area contributed by atoms with Crippen LogP contribution in [0.25, 0.3) is 10.9 Å². The standard InChI is InChI=1S/C23H30N4O3/c1-18(2)17-30-23(29)26-12-6-10-25(13-14-26)16-22(28)20-15-27(11-5-9-24)21-8-4-3-7-19(20)21/h3-4,7-8,15,18H,5-6,10-14,16-17H2,1-2H3. The Hall–Kier alpha value is -2.85. The Bertz CT molecular complexity index is 928. The molecule has 160 valence electrons. The van der Waals surface area contributed by atoms with Gasteiger partial charge in [-0.05, 0) is 18.4 Å². The summed E-state index contributed by atoms with van der Waals surface area (Å²) in [5.41, 5.74) is 1.67. The summed E-state index contributed by atoms with van der Waals surface area (Å²) in [7, 11) is 0. The third-order valence-corrected chi connectivity index (χ3v) is 5.31. The number of carbonyl (C=O) groups excluding carboxylic acids is 2. The first-order chi connectivity index (χ1) is 14.5. The molecule has 7 nitrogen and oxygen atoms in total. The van der Waals surface area contributed by atoms with Gasteiger partial charge in [0.25, 0.3) is 0 Å². The van der Waals surface area contributed by atoms with E-state index in [-0.39, 0.29) is 11.9 Å². The number of ketones is 1. The molecule has 1 aromatic carbocycles. The van der Waals surface area contributed by atoms with Crippen LogP contribution >= 0.6 is 0 Å². The maximum atomic E-state index is 13.1. The number of fused-ring (bicyclic) bond motifs is 1. The van der Waals surface area contributed by atoms with Crippen molar-refractivity contribution in [2.24, 2.45) is 5.92 Å². The van der Waals surface area contributed by atoms with Crippen molar-refractivity contribution < 1.29 is 14.3 Å². The lowest BCUT2D eigenvalue weighted by atomic mass is 10.1. The normalized spacial score (nSPS) is 15.2. The molecule has 0 saturated carbocycles. The molecule has 1 aliphatic heterocycles. The fourth-order valence-electron chi connectivity index (χ4n) is 3.75. The maximum Gasteiger partial charge on any atom is 0.409 e. The molecule has 1 amide bonds. The van der Waals surface area contributed by atoms with Gasteiger partial charge in [0.1, 0.15) is 0 Å². The van der Waals surface area contributed by atoms with Crippen LogP contribution < -0.4 is 0 Å². The van der Waals surface area contributed by atoms with Crippen LogP contribution in [0.2, 0.25) is 0 Å². The Morgan fingerprint density at radius 2 is 1.97 bits per heavy atom. The van der Waals surface area contributed by atoms with E-state index in [0.717, 1.165) is 23.9 Å². The zero-order chi connectivity index (χ0) is 21.5. The molecule has 0 bridgehead atoms. The van der Waals surface area contributed by atoms with Crippen molar-refractivity contribution in [3.63, 3.8) is 0 Å². The molecule has 0 aliphatic carbocycles. The van der Waals surface area contributed by atoms with Gasteiger partial charge in [-0.2, -0.15) is 5.26 Å². The summed E-state index contributed by atoms with van der Waals surface area (Å²) in [5.74, 6) is 0.378. The zero-order valence-corrected chi connectivity index (χ0v) is 17.8. The number of nitriles is 1. The maximum absolute atomic E-state index is 13.1. The Morgan fingerprint density at radius 1 is 1.17 bits per heavy atom. The average Bonchev–Trinajstić information content (AvgIpc) is 2.94. The molecule has 1 aliphatic rings. The molecule has 2 aromatic rings. The Morgan fingerprint density at radius 3 is 2.73 bits per heavy atom. The number of hydrogen-bond donors (Lipinski definition) is 0. The summed E-state index contributed by atoms with van der Waals surface area (Å²) in [6.45, 7) is 7.97. The van der Waals surface area contributed by atoms with E-state index in [0.29, 0.717) is 57.2 Å². The van der Waals surface area contributed by atoms with E-state index in [2.05, 4.69) is 11.0 Å². The number of amides is 1. The summed E-state index contributed by atoms with van der Waals surface area (Å²) < 4.78 is 7.33. The van der Waals surface area contributed by atoms with Gasteiger partial charge in [-0.3, -0.25) is 9.69 Å². The van der Waals surface area contributed by atoms with E-state index in [4.69, 9.17) is 10.00 Å². The number of aromatic nitrogens is 1. The van der Waals surface area contributed by atoms with Crippen molar-refractivity contribution in [2.45, 2.75) is 33.2 Å². The number of nitrogens with zero attached hydrogens (tertiary/aromatic N) is 4. The third-order valence-electron chi connectivity index (χ3n) is 5.31. The molecule has 1 aromatic heterocycles. The molecule has 0 radical (unpaired) electrons. The van der Waals surface area contributed by atoms with Gasteiger partial charge in [-0.25, -0.2) is 4.79 Å². The van der Waals surface area contributed by atoms with Gasteiger partial charge in [-0.15, -0.1) is 0 Å². The van der Waals surface area contributed by atoms with Crippen molar-refractivity contribution >= 4 is 22.8 Å². The van der Waals surface area contributed by atoms with Crippen LogP contribution in [0.5, 0.6) is 0 Å². The molecule has 0 N–H and O–H groups in total. The van der Waals surface area contributed by atoms with Gasteiger partial charge in [0.15, 0.2) is 5.78 Å². The van der Waals surface area contributed by atoms with Gasteiger partial charge in [-0.1, -0.05) is 32.0 Å². The number of carbonyl (C=O) groups is 2. The minimum Gasteiger partial charge on any atom is -0.449 e. The predicted molar refractivity (Wildman–Crippen MR) is 115 cm³/mol. The lowest BCUT2D eigenvalue weighted by Crippen LogP contribution is -2.37. The number of aryl methyl sites for hydroxylation is 1. The van der Waals surface area contributed by atoms with Gasteiger partial charge in [0.05, 0.1) is 25.6 Å². The van der Waals surface area contributed by atoms with E-state index >= 15 is 0 Å². The molecule has 0 spiro atoms. The van der Waals surface area contributed by atoms with Crippen LogP contribution in [0.4, 0.5) is 4.79 Å². The second-order valence-corrected chi connectivity index (χ2v) is 8.17. The second-order valence-electron chi connectivity index (χ2n) is 8.17. The lowest BCUT2D eigenvalue weighted by molar-refractivity contribution is 0.0907. The van der Waals surface area contributed by atoms with E-state index in [1.54, 1.807) is 4.90 Å². The SMILES string of the molecule is CC(C)COC(=O)N1CCCN(CC(=O)c2cn(CCC#N)c3ccccc23)CC1. The van der Waals surface area contributed by atoms with Crippen LogP contribution in [0.1, 0.15) is 37.0 Å². The molecule has 0 unspecified atom stereocenters. The quantitative estimate of drug-likeness (QED) is 0.653. The summed E-state index contributed by atoms with van der Waals surface area (Å²) >= 11 is 0. The van der Waals surface area contributed by atoms with Gasteiger partial charge >= 0.3 is 6.09 Å². The Labute approximate surface area is 177 Å². The molecular formula is C23H30N4O3. The average molecular weight is 411 g/mol. The fourth-order valence-corrected chi connectivity index (χ4v) is 3.75. The largest absolute Gasteiger partial charge is 0.449 e. The summed E-state index contributed by atoms with van der Waals surface area (Å²) in [5, 5.41) is 9.83. The van der Waals surface area contributed by atoms with Gasteiger partial charge < -0.3 is 14.2 Å². The van der Waals surface area contributed by atoms with Crippen molar-refractivity contribution in [1.29, 1.82) is 5.26 Å². The molecular weight excluding hydrogens is 380 g/mol. The molecule has 7 heteroatoms. The number of hydrogen-bond acceptors (Lipinski definition) is 5. The monoisotopic (exact) mass is 410 g/mol. The van der Waals surface area contributed by atoms with E-state index in [9.17, 15) is 9.59 Å². The summed E-state index contributed by atoms with van der Waals surface area (Å²) in [6, 6.07) is 9.98. The first kappa shape index (κ1) is 21.8. The van der Waals surface area contributed by atoms with Crippen molar-refractivity contribution in [2.75, 3.05) is 39.3 Å². The highest BCUT2D eigenvalue weighted by atomic mass is 16.6. The predicted octanol–water partition coefficient (Wildman–Crippen LogP) is 3.54. The lowest BCUT2D eigenvalue weighted by Gasteiger charge is -2.21. The van der Waals surface area contributed by atoms with Crippen LogP contribution in [-0.4, -0.2) is 65.6 Å². The topological polar surface area (TPSA) is 78.6 Å². The highest BCUT2D eigenvalue weighted by Gasteiger charge is 2.23. The Kier molecular flexibility index (Phi) is 7.47. The molecule has 2 heterocycles. The number of ether oxygens (including phenoxy) is 1. The van der Waals surface area contributed by atoms with Gasteiger partial charge in [0.2, 0.25) is 0 Å². The first-order valence-electron chi connectivity index (χ1n) is 10.6. The first-order valence-corrected chi connectivity index (χ1v) is 10.6. The summed E-state index contributed by atoms with van der Waals surface area (Å²) in [4.78, 5) is 29.2. The smallest absolute Gasteiger partial charge is 0.409 e. The van der Waals surface area contributed by atoms with Crippen molar-refractivity contribution in [3.8, 4) is 6.07 Å². The summed E-state index contributed by atoms with van der Waals surface area (Å²) in [6.07, 6.45) is 2.82. The van der Waals surface area contributed by atoms with Crippen LogP contribution in [0.3, 0.4) is 0 Å². The second kappa shape index (κ2) is 10.3. The minimum absolute atomic E-state index is 0.0674. The van der Waals surface area contributed by atoms with E-state index in [1.807, 2.05) is 48.9 Å². The van der Waals surface area contributed by atoms with E-state index in [1.165, 1.54) is 0 Å². The van der Waals surface area contributed by atoms with Crippen LogP contribution in [-0.2, 0) is 11.3 Å². The van der Waals surface area contributed by atoms with Crippen molar-refractivity contribution in [1.82, 2.24) is 14.4 Å². The molecule has 30 heavy (non-hydrogen) atoms. The van der Waals surface area contributed by atoms with Crippen LogP contribution in [0.15, 0.2) is 30.5 Å². The third kappa shape index (κ3) is 5.39. The van der Waals surface area contributed by atoms with E-state index < -0.39 is 0 Å². The molecule has 3 rings (SSSR count). The Balaban J connectivity index is 1.64. The highest BCUT2D eigenvalue weighted by Crippen LogP contribution is 2.22. The number of benzene rings is 1. The molecule has 1 fully saturated rings. The number of Topliss-reactive ketones (excluding diaryl/α,β-unsaturated/α-hetero) is 1. The van der Waals surface area contributed by atoms with Gasteiger partial charge in [0, 0.05) is 55.4 Å². The molecule has 0 atom stereocenters. The number of para-hydroxylation sites is 1. The van der Waals surface area contributed by atoms with Crippen molar-refractivity contribution in [3.05, 3.63) is 36.0 Å². The highest BCUT2D eigenvalue weighted by molar-refractivity contribution is 6.09. The molecule has 1 saturated heterocycles. The minimum atomic E-state index is -0.266. The zero-order valence-electron chi connectivity index (χ0n) is 17.8. The number of rotatable bonds is 7. The van der Waals surface area contributed by atoms with Crippen LogP contribution in [0, 0.1) is 17.2 Å². The fraction of sp³-hybridized carbons (Fsp3) is 0.522.